The molecular formula is C20H26BrNO. The molecule has 2 unspecified atom stereocenters. The number of alkyl halides is 1. The summed E-state index contributed by atoms with van der Waals surface area (Å²) in [7, 11) is 0. The minimum Gasteiger partial charge on any atom is -0.326 e. The number of carbonyl (C=O) groups is 1. The van der Waals surface area contributed by atoms with Gasteiger partial charge in [0.05, 0.1) is 0 Å². The molecule has 2 nitrogen and oxygen atoms in total. The number of benzene rings is 1. The number of halogens is 1. The van der Waals surface area contributed by atoms with E-state index in [-0.39, 0.29) is 11.3 Å². The van der Waals surface area contributed by atoms with Gasteiger partial charge in [-0.05, 0) is 81.3 Å². The van der Waals surface area contributed by atoms with Crippen LogP contribution in [0.25, 0.3) is 0 Å². The summed E-state index contributed by atoms with van der Waals surface area (Å²) < 4.78 is 0.330. The van der Waals surface area contributed by atoms with Crippen molar-refractivity contribution in [1.29, 1.82) is 0 Å². The summed E-state index contributed by atoms with van der Waals surface area (Å²) in [4.78, 5) is 12.7. The molecule has 1 amide bonds. The van der Waals surface area contributed by atoms with Gasteiger partial charge in [-0.25, -0.2) is 0 Å². The van der Waals surface area contributed by atoms with E-state index >= 15 is 0 Å². The van der Waals surface area contributed by atoms with Gasteiger partial charge in [-0.3, -0.25) is 4.79 Å². The second-order valence-electron chi connectivity index (χ2n) is 8.66. The number of anilines is 1. The van der Waals surface area contributed by atoms with Crippen LogP contribution in [0, 0.1) is 31.1 Å². The highest BCUT2D eigenvalue weighted by atomic mass is 79.9. The SMILES string of the molecule is Cc1ccc(NC(=O)CC23C[C@@H]4C[C@@H](CC(Br)(C4)C2)C3)c(C)c1. The molecule has 0 saturated heterocycles. The number of amides is 1. The van der Waals surface area contributed by atoms with E-state index in [9.17, 15) is 4.79 Å². The van der Waals surface area contributed by atoms with Gasteiger partial charge in [-0.15, -0.1) is 0 Å². The Balaban J connectivity index is 1.48. The van der Waals surface area contributed by atoms with Crippen molar-refractivity contribution in [1.82, 2.24) is 0 Å². The Morgan fingerprint density at radius 2 is 1.91 bits per heavy atom. The van der Waals surface area contributed by atoms with Crippen LogP contribution in [0.15, 0.2) is 18.2 Å². The van der Waals surface area contributed by atoms with Gasteiger partial charge in [0.25, 0.3) is 0 Å². The first-order valence-electron chi connectivity index (χ1n) is 8.91. The monoisotopic (exact) mass is 375 g/mol. The average Bonchev–Trinajstić information content (AvgIpc) is 2.38. The van der Waals surface area contributed by atoms with Gasteiger partial charge in [0.15, 0.2) is 0 Å². The molecule has 4 atom stereocenters. The topological polar surface area (TPSA) is 29.1 Å². The quantitative estimate of drug-likeness (QED) is 0.707. The molecule has 0 aromatic heterocycles. The molecule has 0 heterocycles. The molecule has 1 aromatic rings. The van der Waals surface area contributed by atoms with E-state index in [2.05, 4.69) is 47.2 Å². The number of hydrogen-bond acceptors (Lipinski definition) is 1. The van der Waals surface area contributed by atoms with Crippen LogP contribution in [-0.2, 0) is 4.79 Å². The Hall–Kier alpha value is -0.830. The zero-order chi connectivity index (χ0) is 16.2. The molecule has 1 aromatic carbocycles. The van der Waals surface area contributed by atoms with Gasteiger partial charge in [-0.2, -0.15) is 0 Å². The normalized spacial score (nSPS) is 37.9. The number of nitrogens with one attached hydrogen (secondary N) is 1. The van der Waals surface area contributed by atoms with Crippen molar-refractivity contribution >= 4 is 27.5 Å². The van der Waals surface area contributed by atoms with Gasteiger partial charge in [0, 0.05) is 16.4 Å². The Morgan fingerprint density at radius 1 is 1.22 bits per heavy atom. The van der Waals surface area contributed by atoms with Crippen molar-refractivity contribution in [3.8, 4) is 0 Å². The minimum absolute atomic E-state index is 0.204. The highest BCUT2D eigenvalue weighted by Gasteiger charge is 2.57. The van der Waals surface area contributed by atoms with Crippen LogP contribution in [0.5, 0.6) is 0 Å². The van der Waals surface area contributed by atoms with Crippen LogP contribution in [0.3, 0.4) is 0 Å². The molecule has 0 radical (unpaired) electrons. The molecule has 1 N–H and O–H groups in total. The second-order valence-corrected chi connectivity index (χ2v) is 10.3. The zero-order valence-electron chi connectivity index (χ0n) is 14.1. The van der Waals surface area contributed by atoms with Crippen molar-refractivity contribution in [2.75, 3.05) is 5.32 Å². The Bertz CT molecular complexity index is 639. The highest BCUT2D eigenvalue weighted by molar-refractivity contribution is 9.10. The van der Waals surface area contributed by atoms with Crippen LogP contribution >= 0.6 is 15.9 Å². The Kier molecular flexibility index (Phi) is 3.64. The predicted octanol–water partition coefficient (Wildman–Crippen LogP) is 5.37. The zero-order valence-corrected chi connectivity index (χ0v) is 15.7. The molecule has 5 rings (SSSR count). The molecule has 0 aliphatic heterocycles. The first-order chi connectivity index (χ1) is 10.8. The highest BCUT2D eigenvalue weighted by Crippen LogP contribution is 2.65. The maximum Gasteiger partial charge on any atom is 0.224 e. The number of carbonyl (C=O) groups excluding carboxylic acids is 1. The smallest absolute Gasteiger partial charge is 0.224 e. The van der Waals surface area contributed by atoms with Crippen LogP contribution in [-0.4, -0.2) is 10.2 Å². The fourth-order valence-corrected chi connectivity index (χ4v) is 7.54. The summed E-state index contributed by atoms with van der Waals surface area (Å²) >= 11 is 4.04. The summed E-state index contributed by atoms with van der Waals surface area (Å²) in [6, 6.07) is 6.24. The summed E-state index contributed by atoms with van der Waals surface area (Å²) in [6.07, 6.45) is 8.45. The molecule has 124 valence electrons. The lowest BCUT2D eigenvalue weighted by atomic mass is 9.48. The maximum absolute atomic E-state index is 12.7. The van der Waals surface area contributed by atoms with Crippen molar-refractivity contribution in [3.05, 3.63) is 29.3 Å². The van der Waals surface area contributed by atoms with Gasteiger partial charge in [-0.1, -0.05) is 33.6 Å². The molecule has 0 spiro atoms. The van der Waals surface area contributed by atoms with Crippen molar-refractivity contribution < 1.29 is 4.79 Å². The van der Waals surface area contributed by atoms with Gasteiger partial charge in [0.2, 0.25) is 5.91 Å². The minimum atomic E-state index is 0.204. The number of aryl methyl sites for hydroxylation is 2. The van der Waals surface area contributed by atoms with Crippen LogP contribution in [0.1, 0.15) is 56.1 Å². The Labute approximate surface area is 147 Å². The molecule has 4 fully saturated rings. The van der Waals surface area contributed by atoms with E-state index in [1.165, 1.54) is 44.1 Å². The standard InChI is InChI=1S/C20H26BrNO/c1-13-3-4-17(14(2)5-13)22-18(23)11-19-7-15-6-16(8-19)10-20(21,9-15)12-19/h3-5,15-16H,6-12H2,1-2H3,(H,22,23)/t15-,16+,19?,20?. The first-order valence-corrected chi connectivity index (χ1v) is 9.70. The third kappa shape index (κ3) is 2.97. The van der Waals surface area contributed by atoms with Crippen LogP contribution in [0.4, 0.5) is 5.69 Å². The van der Waals surface area contributed by atoms with E-state index in [0.29, 0.717) is 10.7 Å². The van der Waals surface area contributed by atoms with Gasteiger partial charge >= 0.3 is 0 Å². The van der Waals surface area contributed by atoms with Crippen molar-refractivity contribution in [2.45, 2.75) is 63.1 Å². The predicted molar refractivity (Wildman–Crippen MR) is 97.9 cm³/mol. The van der Waals surface area contributed by atoms with Crippen LogP contribution < -0.4 is 5.32 Å². The van der Waals surface area contributed by atoms with E-state index in [0.717, 1.165) is 23.1 Å². The third-order valence-electron chi connectivity index (χ3n) is 6.30. The lowest BCUT2D eigenvalue weighted by Crippen LogP contribution is -2.53. The van der Waals surface area contributed by atoms with E-state index in [1.807, 2.05) is 6.07 Å². The number of rotatable bonds is 3. The summed E-state index contributed by atoms with van der Waals surface area (Å²) in [5.41, 5.74) is 3.61. The molecule has 4 bridgehead atoms. The third-order valence-corrected chi connectivity index (χ3v) is 7.23. The molecule has 4 aliphatic carbocycles. The summed E-state index contributed by atoms with van der Waals surface area (Å²) in [6.45, 7) is 4.16. The molecule has 4 saturated carbocycles. The van der Waals surface area contributed by atoms with Gasteiger partial charge in [0.1, 0.15) is 0 Å². The fourth-order valence-electron chi connectivity index (χ4n) is 6.03. The lowest BCUT2D eigenvalue weighted by Gasteiger charge is -2.60. The van der Waals surface area contributed by atoms with E-state index < -0.39 is 0 Å². The maximum atomic E-state index is 12.7. The average molecular weight is 376 g/mol. The van der Waals surface area contributed by atoms with Crippen molar-refractivity contribution in [3.63, 3.8) is 0 Å². The summed E-state index contributed by atoms with van der Waals surface area (Å²) in [5.74, 6) is 1.88. The summed E-state index contributed by atoms with van der Waals surface area (Å²) in [5, 5.41) is 3.17. The second kappa shape index (κ2) is 5.34. The molecule has 3 heteroatoms. The van der Waals surface area contributed by atoms with Gasteiger partial charge < -0.3 is 5.32 Å². The first kappa shape index (κ1) is 15.7. The van der Waals surface area contributed by atoms with E-state index in [1.54, 1.807) is 0 Å². The molecular weight excluding hydrogens is 350 g/mol. The van der Waals surface area contributed by atoms with Crippen molar-refractivity contribution in [2.24, 2.45) is 17.3 Å². The van der Waals surface area contributed by atoms with E-state index in [4.69, 9.17) is 0 Å². The Morgan fingerprint density at radius 3 is 2.52 bits per heavy atom. The lowest BCUT2D eigenvalue weighted by molar-refractivity contribution is -0.123. The van der Waals surface area contributed by atoms with Crippen LogP contribution in [0.2, 0.25) is 0 Å². The number of hydrogen-bond donors (Lipinski definition) is 1. The fraction of sp³-hybridized carbons (Fsp3) is 0.650. The molecule has 23 heavy (non-hydrogen) atoms. The largest absolute Gasteiger partial charge is 0.326 e. The molecule has 4 aliphatic rings.